The average molecular weight is 239 g/mol. The minimum atomic E-state index is -0.366. The molecule has 2 unspecified atom stereocenters. The first-order valence-electron chi connectivity index (χ1n) is 4.35. The van der Waals surface area contributed by atoms with Gasteiger partial charge in [0, 0.05) is 11.6 Å². The van der Waals surface area contributed by atoms with Crippen LogP contribution < -0.4 is 0 Å². The first kappa shape index (κ1) is 11.8. The molecule has 0 amide bonds. The predicted octanol–water partition coefficient (Wildman–Crippen LogP) is 2.73. The zero-order valence-corrected chi connectivity index (χ0v) is 9.93. The third-order valence-corrected chi connectivity index (χ3v) is 5.84. The lowest BCUT2D eigenvalue weighted by Crippen LogP contribution is -2.32. The maximum Gasteiger partial charge on any atom is 0.0766 e. The summed E-state index contributed by atoms with van der Waals surface area (Å²) in [5.74, 6) is 2.31. The number of thioether (sulfide) groups is 2. The van der Waals surface area contributed by atoms with E-state index >= 15 is 0 Å². The number of allylic oxidation sites excluding steroid dienone is 1. The van der Waals surface area contributed by atoms with E-state index in [1.807, 2.05) is 29.6 Å². The van der Waals surface area contributed by atoms with E-state index in [4.69, 9.17) is 11.6 Å². The van der Waals surface area contributed by atoms with Crippen LogP contribution in [0.15, 0.2) is 12.7 Å². The summed E-state index contributed by atoms with van der Waals surface area (Å²) in [6.07, 6.45) is 3.85. The summed E-state index contributed by atoms with van der Waals surface area (Å²) in [7, 11) is 0. The summed E-state index contributed by atoms with van der Waals surface area (Å²) < 4.78 is 0.300. The van der Waals surface area contributed by atoms with Crippen molar-refractivity contribution in [1.82, 2.24) is 0 Å². The molecular weight excluding hydrogens is 224 g/mol. The molecule has 0 radical (unpaired) electrons. The minimum Gasteiger partial charge on any atom is -0.391 e. The molecule has 1 nitrogen and oxygen atoms in total. The molecule has 0 spiro atoms. The minimum absolute atomic E-state index is 0.300. The number of alkyl halides is 1. The van der Waals surface area contributed by atoms with Gasteiger partial charge in [0.15, 0.2) is 0 Å². The van der Waals surface area contributed by atoms with Crippen molar-refractivity contribution in [3.8, 4) is 0 Å². The van der Waals surface area contributed by atoms with Crippen LogP contribution in [0.3, 0.4) is 0 Å². The second kappa shape index (κ2) is 5.54. The highest BCUT2D eigenvalue weighted by Gasteiger charge is 2.37. The Morgan fingerprint density at radius 3 is 2.85 bits per heavy atom. The van der Waals surface area contributed by atoms with Gasteiger partial charge in [-0.25, -0.2) is 0 Å². The monoisotopic (exact) mass is 238 g/mol. The Bertz CT molecular complexity index is 171. The lowest BCUT2D eigenvalue weighted by atomic mass is 10.2. The second-order valence-corrected chi connectivity index (χ2v) is 6.57. The maximum absolute atomic E-state index is 9.32. The summed E-state index contributed by atoms with van der Waals surface area (Å²) in [4.78, 5) is 0. The van der Waals surface area contributed by atoms with Gasteiger partial charge < -0.3 is 5.11 Å². The molecule has 0 aliphatic carbocycles. The number of halogens is 1. The molecular formula is C9H15ClOS2. The zero-order valence-electron chi connectivity index (χ0n) is 7.54. The van der Waals surface area contributed by atoms with Crippen molar-refractivity contribution >= 4 is 35.1 Å². The Labute approximate surface area is 93.3 Å². The molecule has 0 aromatic rings. The van der Waals surface area contributed by atoms with Crippen molar-refractivity contribution in [2.75, 3.05) is 17.4 Å². The summed E-state index contributed by atoms with van der Waals surface area (Å²) in [5, 5.41) is 9.32. The molecule has 13 heavy (non-hydrogen) atoms. The van der Waals surface area contributed by atoms with Crippen LogP contribution in [0.2, 0.25) is 0 Å². The molecule has 1 fully saturated rings. The summed E-state index contributed by atoms with van der Waals surface area (Å²) in [6, 6.07) is 0. The van der Waals surface area contributed by atoms with Crippen LogP contribution in [0.1, 0.15) is 12.8 Å². The molecule has 1 rings (SSSR count). The number of hydrogen-bond acceptors (Lipinski definition) is 3. The highest BCUT2D eigenvalue weighted by molar-refractivity contribution is 8.19. The van der Waals surface area contributed by atoms with Crippen LogP contribution in [-0.2, 0) is 0 Å². The van der Waals surface area contributed by atoms with Crippen molar-refractivity contribution in [1.29, 1.82) is 0 Å². The Morgan fingerprint density at radius 1 is 1.77 bits per heavy atom. The lowest BCUT2D eigenvalue weighted by molar-refractivity contribution is 0.223. The van der Waals surface area contributed by atoms with Gasteiger partial charge in [-0.3, -0.25) is 0 Å². The molecule has 1 aliphatic heterocycles. The smallest absolute Gasteiger partial charge is 0.0766 e. The molecule has 0 saturated carbocycles. The lowest BCUT2D eigenvalue weighted by Gasteiger charge is -2.40. The van der Waals surface area contributed by atoms with E-state index in [0.29, 0.717) is 9.96 Å². The first-order chi connectivity index (χ1) is 6.22. The van der Waals surface area contributed by atoms with E-state index in [-0.39, 0.29) is 6.10 Å². The van der Waals surface area contributed by atoms with E-state index in [0.717, 1.165) is 12.2 Å². The highest BCUT2D eigenvalue weighted by Crippen LogP contribution is 2.52. The molecule has 1 N–H and O–H groups in total. The quantitative estimate of drug-likeness (QED) is 0.568. The molecule has 0 aromatic heterocycles. The van der Waals surface area contributed by atoms with Crippen LogP contribution in [0.5, 0.6) is 0 Å². The largest absolute Gasteiger partial charge is 0.391 e. The van der Waals surface area contributed by atoms with Crippen LogP contribution >= 0.6 is 35.1 Å². The number of aliphatic hydroxyl groups is 1. The zero-order chi connectivity index (χ0) is 9.73. The van der Waals surface area contributed by atoms with Crippen molar-refractivity contribution in [2.24, 2.45) is 0 Å². The molecule has 2 atom stereocenters. The molecule has 1 heterocycles. The number of rotatable bonds is 6. The molecule has 76 valence electrons. The predicted molar refractivity (Wildman–Crippen MR) is 63.8 cm³/mol. The van der Waals surface area contributed by atoms with Gasteiger partial charge in [0.05, 0.1) is 10.2 Å². The van der Waals surface area contributed by atoms with Crippen molar-refractivity contribution in [2.45, 2.75) is 23.0 Å². The molecule has 0 aromatic carbocycles. The fourth-order valence-corrected chi connectivity index (χ4v) is 4.34. The molecule has 1 aliphatic rings. The standard InChI is InChI=1S/C9H15ClOS2/c1-2-3-9(4-5-12-9)13-7-8(11)6-10/h2,8,11H,1,3-7H2. The fraction of sp³-hybridized carbons (Fsp3) is 0.778. The van der Waals surface area contributed by atoms with Crippen LogP contribution in [-0.4, -0.2) is 32.7 Å². The maximum atomic E-state index is 9.32. The third-order valence-electron chi connectivity index (χ3n) is 2.02. The van der Waals surface area contributed by atoms with Gasteiger partial charge in [-0.05, 0) is 18.6 Å². The van der Waals surface area contributed by atoms with Gasteiger partial charge in [0.1, 0.15) is 0 Å². The van der Waals surface area contributed by atoms with Gasteiger partial charge in [0.2, 0.25) is 0 Å². The van der Waals surface area contributed by atoms with Crippen LogP contribution in [0.4, 0.5) is 0 Å². The van der Waals surface area contributed by atoms with E-state index in [2.05, 4.69) is 6.58 Å². The third kappa shape index (κ3) is 3.39. The Hall–Kier alpha value is 0.690. The van der Waals surface area contributed by atoms with Crippen molar-refractivity contribution in [3.63, 3.8) is 0 Å². The Kier molecular flexibility index (Phi) is 5.01. The summed E-state index contributed by atoms with van der Waals surface area (Å²) in [5.41, 5.74) is 0. The van der Waals surface area contributed by atoms with Crippen LogP contribution in [0.25, 0.3) is 0 Å². The summed E-state index contributed by atoms with van der Waals surface area (Å²) in [6.45, 7) is 3.76. The van der Waals surface area contributed by atoms with Crippen molar-refractivity contribution < 1.29 is 5.11 Å². The van der Waals surface area contributed by atoms with Gasteiger partial charge in [-0.1, -0.05) is 6.08 Å². The Morgan fingerprint density at radius 2 is 2.46 bits per heavy atom. The number of hydrogen-bond donors (Lipinski definition) is 1. The van der Waals surface area contributed by atoms with E-state index < -0.39 is 0 Å². The first-order valence-corrected chi connectivity index (χ1v) is 6.86. The molecule has 0 bridgehead atoms. The Balaban J connectivity index is 2.27. The van der Waals surface area contributed by atoms with Gasteiger partial charge in [-0.2, -0.15) is 0 Å². The normalized spacial score (nSPS) is 29.4. The number of aliphatic hydroxyl groups excluding tert-OH is 1. The topological polar surface area (TPSA) is 20.2 Å². The average Bonchev–Trinajstić information content (AvgIpc) is 2.09. The highest BCUT2D eigenvalue weighted by atomic mass is 35.5. The van der Waals surface area contributed by atoms with Crippen LogP contribution in [0, 0.1) is 0 Å². The van der Waals surface area contributed by atoms with Gasteiger partial charge in [-0.15, -0.1) is 41.7 Å². The van der Waals surface area contributed by atoms with Gasteiger partial charge in [0.25, 0.3) is 0 Å². The fourth-order valence-electron chi connectivity index (χ4n) is 1.18. The van der Waals surface area contributed by atoms with Crippen molar-refractivity contribution in [3.05, 3.63) is 12.7 Å². The van der Waals surface area contributed by atoms with E-state index in [9.17, 15) is 5.11 Å². The summed E-state index contributed by atoms with van der Waals surface area (Å²) >= 11 is 9.32. The van der Waals surface area contributed by atoms with E-state index in [1.165, 1.54) is 12.2 Å². The molecule has 1 saturated heterocycles. The van der Waals surface area contributed by atoms with Gasteiger partial charge >= 0.3 is 0 Å². The SMILES string of the molecule is C=CCC1(SCC(O)CCl)CCS1. The second-order valence-electron chi connectivity index (χ2n) is 3.12. The molecule has 4 heteroatoms. The van der Waals surface area contributed by atoms with E-state index in [1.54, 1.807) is 0 Å².